The third kappa shape index (κ3) is 2.44. The van der Waals surface area contributed by atoms with Crippen LogP contribution in [0, 0.1) is 0 Å². The van der Waals surface area contributed by atoms with Crippen LogP contribution in [0.2, 0.25) is 5.02 Å². The van der Waals surface area contributed by atoms with Crippen LogP contribution in [0.5, 0.6) is 0 Å². The summed E-state index contributed by atoms with van der Waals surface area (Å²) in [6, 6.07) is 3.60. The van der Waals surface area contributed by atoms with E-state index in [1.807, 2.05) is 13.0 Å². The van der Waals surface area contributed by atoms with Crippen molar-refractivity contribution in [2.24, 2.45) is 0 Å². The van der Waals surface area contributed by atoms with Crippen LogP contribution < -0.4 is 5.32 Å². The Bertz CT molecular complexity index is 411. The van der Waals surface area contributed by atoms with Crippen molar-refractivity contribution in [3.63, 3.8) is 0 Å². The van der Waals surface area contributed by atoms with Crippen LogP contribution in [-0.2, 0) is 0 Å². The summed E-state index contributed by atoms with van der Waals surface area (Å²) in [4.78, 5) is 7.99. The van der Waals surface area contributed by atoms with E-state index in [4.69, 9.17) is 11.6 Å². The van der Waals surface area contributed by atoms with Gasteiger partial charge in [-0.05, 0) is 19.1 Å². The average molecular weight is 224 g/mol. The Balaban J connectivity index is 2.06. The van der Waals surface area contributed by atoms with Gasteiger partial charge in [-0.25, -0.2) is 14.6 Å². The zero-order valence-corrected chi connectivity index (χ0v) is 8.89. The summed E-state index contributed by atoms with van der Waals surface area (Å²) in [5.41, 5.74) is 0. The highest BCUT2D eigenvalue weighted by molar-refractivity contribution is 6.30. The molecule has 2 heterocycles. The second-order valence-corrected chi connectivity index (χ2v) is 3.49. The molecular formula is C9H10ClN5. The lowest BCUT2D eigenvalue weighted by Crippen LogP contribution is -2.15. The summed E-state index contributed by atoms with van der Waals surface area (Å²) in [5.74, 6) is 0.752. The van der Waals surface area contributed by atoms with E-state index in [1.54, 1.807) is 23.3 Å². The maximum Gasteiger partial charge on any atom is 0.137 e. The van der Waals surface area contributed by atoms with Crippen molar-refractivity contribution >= 4 is 17.4 Å². The fourth-order valence-electron chi connectivity index (χ4n) is 1.16. The van der Waals surface area contributed by atoms with Gasteiger partial charge in [-0.15, -0.1) is 0 Å². The molecule has 0 bridgehead atoms. The van der Waals surface area contributed by atoms with Crippen LogP contribution in [-0.4, -0.2) is 19.7 Å². The molecule has 1 atom stereocenters. The number of pyridine rings is 1. The Morgan fingerprint density at radius 1 is 1.47 bits per heavy atom. The lowest BCUT2D eigenvalue weighted by molar-refractivity contribution is 0.542. The van der Waals surface area contributed by atoms with Gasteiger partial charge < -0.3 is 5.32 Å². The molecule has 0 unspecified atom stereocenters. The van der Waals surface area contributed by atoms with E-state index in [9.17, 15) is 0 Å². The molecule has 2 rings (SSSR count). The summed E-state index contributed by atoms with van der Waals surface area (Å²) in [7, 11) is 0. The lowest BCUT2D eigenvalue weighted by atomic mass is 10.4. The number of aromatic nitrogens is 4. The molecule has 2 aromatic heterocycles. The molecule has 1 N–H and O–H groups in total. The maximum absolute atomic E-state index is 5.73. The van der Waals surface area contributed by atoms with Crippen LogP contribution in [0.25, 0.3) is 0 Å². The fourth-order valence-corrected chi connectivity index (χ4v) is 1.27. The topological polar surface area (TPSA) is 55.6 Å². The largest absolute Gasteiger partial charge is 0.349 e. The zero-order chi connectivity index (χ0) is 10.7. The van der Waals surface area contributed by atoms with Crippen molar-refractivity contribution in [1.82, 2.24) is 19.7 Å². The van der Waals surface area contributed by atoms with E-state index in [2.05, 4.69) is 20.4 Å². The minimum Gasteiger partial charge on any atom is -0.349 e. The van der Waals surface area contributed by atoms with Gasteiger partial charge in [0.15, 0.2) is 0 Å². The van der Waals surface area contributed by atoms with Crippen LogP contribution in [0.3, 0.4) is 0 Å². The van der Waals surface area contributed by atoms with E-state index in [0.29, 0.717) is 5.02 Å². The van der Waals surface area contributed by atoms with Gasteiger partial charge in [-0.2, -0.15) is 5.10 Å². The molecule has 0 aliphatic carbocycles. The fraction of sp³-hybridized carbons (Fsp3) is 0.222. The second-order valence-electron chi connectivity index (χ2n) is 3.06. The number of hydrogen-bond donors (Lipinski definition) is 1. The highest BCUT2D eigenvalue weighted by Crippen LogP contribution is 2.12. The predicted octanol–water partition coefficient (Wildman–Crippen LogP) is 1.96. The van der Waals surface area contributed by atoms with Gasteiger partial charge in [-0.3, -0.25) is 0 Å². The van der Waals surface area contributed by atoms with E-state index in [0.717, 1.165) is 5.82 Å². The van der Waals surface area contributed by atoms with Crippen molar-refractivity contribution in [3.8, 4) is 0 Å². The summed E-state index contributed by atoms with van der Waals surface area (Å²) >= 11 is 5.73. The summed E-state index contributed by atoms with van der Waals surface area (Å²) < 4.78 is 1.70. The second kappa shape index (κ2) is 4.27. The van der Waals surface area contributed by atoms with Gasteiger partial charge in [0, 0.05) is 6.20 Å². The van der Waals surface area contributed by atoms with Crippen LogP contribution >= 0.6 is 11.6 Å². The first-order chi connectivity index (χ1) is 7.25. The monoisotopic (exact) mass is 223 g/mol. The van der Waals surface area contributed by atoms with Gasteiger partial charge in [0.1, 0.15) is 24.6 Å². The minimum absolute atomic E-state index is 0.00109. The Labute approximate surface area is 92.1 Å². The van der Waals surface area contributed by atoms with Crippen LogP contribution in [0.15, 0.2) is 31.0 Å². The summed E-state index contributed by atoms with van der Waals surface area (Å²) in [6.45, 7) is 1.96. The Hall–Kier alpha value is -1.62. The predicted molar refractivity (Wildman–Crippen MR) is 57.6 cm³/mol. The van der Waals surface area contributed by atoms with Crippen molar-refractivity contribution < 1.29 is 0 Å². The number of nitrogens with one attached hydrogen (secondary N) is 1. The molecule has 2 aromatic rings. The quantitative estimate of drug-likeness (QED) is 0.864. The molecule has 0 aromatic carbocycles. The first-order valence-electron chi connectivity index (χ1n) is 4.48. The molecule has 0 fully saturated rings. The highest BCUT2D eigenvalue weighted by atomic mass is 35.5. The average Bonchev–Trinajstić information content (AvgIpc) is 2.74. The SMILES string of the molecule is C[C@@H](Nc1ccc(Cl)cn1)n1cncn1. The van der Waals surface area contributed by atoms with Gasteiger partial charge in [0.2, 0.25) is 0 Å². The number of hydrogen-bond acceptors (Lipinski definition) is 4. The highest BCUT2D eigenvalue weighted by Gasteiger charge is 2.04. The molecule has 15 heavy (non-hydrogen) atoms. The van der Waals surface area contributed by atoms with Crippen molar-refractivity contribution in [2.45, 2.75) is 13.1 Å². The van der Waals surface area contributed by atoms with Gasteiger partial charge >= 0.3 is 0 Å². The van der Waals surface area contributed by atoms with E-state index in [1.165, 1.54) is 6.33 Å². The van der Waals surface area contributed by atoms with Crippen LogP contribution in [0.4, 0.5) is 5.82 Å². The van der Waals surface area contributed by atoms with E-state index in [-0.39, 0.29) is 6.17 Å². The van der Waals surface area contributed by atoms with Gasteiger partial charge in [0.05, 0.1) is 5.02 Å². The zero-order valence-electron chi connectivity index (χ0n) is 8.13. The molecule has 78 valence electrons. The number of anilines is 1. The molecule has 0 spiro atoms. The standard InChI is InChI=1S/C9H10ClN5/c1-7(15-6-11-5-13-15)14-9-3-2-8(10)4-12-9/h2-7H,1H3,(H,12,14)/t7-/m0/s1. The first kappa shape index (κ1) is 9.92. The first-order valence-corrected chi connectivity index (χ1v) is 4.86. The molecule has 6 heteroatoms. The molecule has 5 nitrogen and oxygen atoms in total. The Morgan fingerprint density at radius 3 is 2.93 bits per heavy atom. The summed E-state index contributed by atoms with van der Waals surface area (Å²) in [6.07, 6.45) is 4.74. The van der Waals surface area contributed by atoms with Gasteiger partial charge in [-0.1, -0.05) is 11.6 Å². The van der Waals surface area contributed by atoms with Gasteiger partial charge in [0.25, 0.3) is 0 Å². The number of rotatable bonds is 3. The van der Waals surface area contributed by atoms with Crippen molar-refractivity contribution in [1.29, 1.82) is 0 Å². The van der Waals surface area contributed by atoms with Crippen LogP contribution in [0.1, 0.15) is 13.1 Å². The molecule has 0 saturated heterocycles. The molecule has 0 saturated carbocycles. The van der Waals surface area contributed by atoms with Crippen molar-refractivity contribution in [2.75, 3.05) is 5.32 Å². The Morgan fingerprint density at radius 2 is 2.33 bits per heavy atom. The maximum atomic E-state index is 5.73. The number of halogens is 1. The minimum atomic E-state index is 0.00109. The normalized spacial score (nSPS) is 12.4. The third-order valence-electron chi connectivity index (χ3n) is 1.92. The molecule has 0 aliphatic heterocycles. The molecule has 0 aliphatic rings. The molecule has 0 radical (unpaired) electrons. The third-order valence-corrected chi connectivity index (χ3v) is 2.14. The summed E-state index contributed by atoms with van der Waals surface area (Å²) in [5, 5.41) is 7.80. The number of nitrogens with zero attached hydrogens (tertiary/aromatic N) is 4. The van der Waals surface area contributed by atoms with E-state index < -0.39 is 0 Å². The Kier molecular flexibility index (Phi) is 2.82. The molecular weight excluding hydrogens is 214 g/mol. The smallest absolute Gasteiger partial charge is 0.137 e. The molecule has 0 amide bonds. The lowest BCUT2D eigenvalue weighted by Gasteiger charge is -2.13. The van der Waals surface area contributed by atoms with E-state index >= 15 is 0 Å². The van der Waals surface area contributed by atoms with Crippen molar-refractivity contribution in [3.05, 3.63) is 36.0 Å².